The molecule has 2 aliphatic rings. The van der Waals surface area contributed by atoms with Crippen molar-refractivity contribution in [3.05, 3.63) is 0 Å². The summed E-state index contributed by atoms with van der Waals surface area (Å²) >= 11 is 0. The summed E-state index contributed by atoms with van der Waals surface area (Å²) in [6.45, 7) is 3.13. The normalized spacial score (nSPS) is 39.1. The van der Waals surface area contributed by atoms with Crippen LogP contribution >= 0.6 is 0 Å². The Morgan fingerprint density at radius 3 is 2.67 bits per heavy atom. The fourth-order valence-corrected chi connectivity index (χ4v) is 3.74. The Balaban J connectivity index is 1.73. The molecule has 0 amide bonds. The lowest BCUT2D eigenvalue weighted by Crippen LogP contribution is -2.45. The molecule has 2 rings (SSSR count). The highest BCUT2D eigenvalue weighted by atomic mass is 32.2. The fourth-order valence-electron chi connectivity index (χ4n) is 2.44. The molecule has 4 heteroatoms. The highest BCUT2D eigenvalue weighted by molar-refractivity contribution is 7.85. The molecule has 1 N–H and O–H groups in total. The maximum Gasteiger partial charge on any atom is 0.0726 e. The van der Waals surface area contributed by atoms with Crippen molar-refractivity contribution in [2.45, 2.75) is 50.8 Å². The van der Waals surface area contributed by atoms with E-state index >= 15 is 0 Å². The average Bonchev–Trinajstić information content (AvgIpc) is 2.74. The molecule has 88 valence electrons. The molecular weight excluding hydrogens is 210 g/mol. The molecule has 2 atom stereocenters. The van der Waals surface area contributed by atoms with Crippen molar-refractivity contribution < 1.29 is 8.95 Å². The molecule has 2 aliphatic heterocycles. The average molecular weight is 231 g/mol. The molecule has 2 saturated heterocycles. The first kappa shape index (κ1) is 11.6. The minimum absolute atomic E-state index is 0.400. The number of hydrogen-bond acceptors (Lipinski definition) is 3. The number of hydrogen-bond donors (Lipinski definition) is 1. The van der Waals surface area contributed by atoms with Gasteiger partial charge in [0, 0.05) is 41.0 Å². The first-order valence-corrected chi connectivity index (χ1v) is 7.47. The van der Waals surface area contributed by atoms with Gasteiger partial charge in [-0.3, -0.25) is 4.21 Å². The van der Waals surface area contributed by atoms with E-state index in [1.54, 1.807) is 0 Å². The summed E-state index contributed by atoms with van der Waals surface area (Å²) in [5, 5.41) is 3.62. The Morgan fingerprint density at radius 1 is 1.33 bits per heavy atom. The van der Waals surface area contributed by atoms with E-state index in [-0.39, 0.29) is 0 Å². The van der Waals surface area contributed by atoms with Crippen molar-refractivity contribution in [2.24, 2.45) is 0 Å². The number of rotatable bonds is 3. The summed E-state index contributed by atoms with van der Waals surface area (Å²) in [4.78, 5) is 0. The van der Waals surface area contributed by atoms with Crippen LogP contribution in [0.15, 0.2) is 0 Å². The Bertz CT molecular complexity index is 219. The summed E-state index contributed by atoms with van der Waals surface area (Å²) in [7, 11) is -0.549. The first-order chi connectivity index (χ1) is 7.25. The van der Waals surface area contributed by atoms with Crippen LogP contribution in [0.4, 0.5) is 0 Å². The maximum atomic E-state index is 11.2. The standard InChI is InChI=1S/C11H21NO2S/c1-9(11-3-2-6-14-11)12-10-4-7-15(13)8-5-10/h9-12H,2-8H2,1H3. The summed E-state index contributed by atoms with van der Waals surface area (Å²) in [5.74, 6) is 1.74. The van der Waals surface area contributed by atoms with Crippen molar-refractivity contribution >= 4 is 10.8 Å². The number of nitrogens with one attached hydrogen (secondary N) is 1. The van der Waals surface area contributed by atoms with Gasteiger partial charge in [-0.2, -0.15) is 0 Å². The van der Waals surface area contributed by atoms with Crippen LogP contribution in [0.2, 0.25) is 0 Å². The second-order valence-corrected chi connectivity index (χ2v) is 6.33. The van der Waals surface area contributed by atoms with E-state index in [0.29, 0.717) is 18.2 Å². The molecule has 0 bridgehead atoms. The van der Waals surface area contributed by atoms with Crippen LogP contribution in [-0.4, -0.2) is 40.5 Å². The zero-order valence-electron chi connectivity index (χ0n) is 9.41. The topological polar surface area (TPSA) is 38.3 Å². The van der Waals surface area contributed by atoms with Crippen LogP contribution in [-0.2, 0) is 15.5 Å². The van der Waals surface area contributed by atoms with Gasteiger partial charge >= 0.3 is 0 Å². The zero-order valence-corrected chi connectivity index (χ0v) is 10.2. The van der Waals surface area contributed by atoms with Crippen molar-refractivity contribution in [3.8, 4) is 0 Å². The largest absolute Gasteiger partial charge is 0.377 e. The summed E-state index contributed by atoms with van der Waals surface area (Å²) < 4.78 is 16.9. The van der Waals surface area contributed by atoms with E-state index in [9.17, 15) is 4.21 Å². The maximum absolute atomic E-state index is 11.2. The van der Waals surface area contributed by atoms with Gasteiger partial charge in [-0.15, -0.1) is 0 Å². The summed E-state index contributed by atoms with van der Waals surface area (Å²) in [5.41, 5.74) is 0. The van der Waals surface area contributed by atoms with Crippen LogP contribution < -0.4 is 5.32 Å². The van der Waals surface area contributed by atoms with Gasteiger partial charge in [0.25, 0.3) is 0 Å². The third-order valence-electron chi connectivity index (χ3n) is 3.41. The second kappa shape index (κ2) is 5.41. The monoisotopic (exact) mass is 231 g/mol. The van der Waals surface area contributed by atoms with Crippen LogP contribution in [0.1, 0.15) is 32.6 Å². The molecule has 15 heavy (non-hydrogen) atoms. The van der Waals surface area contributed by atoms with Gasteiger partial charge in [0.1, 0.15) is 0 Å². The van der Waals surface area contributed by atoms with E-state index in [1.165, 1.54) is 12.8 Å². The lowest BCUT2D eigenvalue weighted by atomic mass is 10.1. The van der Waals surface area contributed by atoms with Crippen molar-refractivity contribution in [1.29, 1.82) is 0 Å². The second-order valence-electron chi connectivity index (χ2n) is 4.63. The fraction of sp³-hybridized carbons (Fsp3) is 1.00. The molecule has 0 aromatic rings. The van der Waals surface area contributed by atoms with Gasteiger partial charge in [0.15, 0.2) is 0 Å². The van der Waals surface area contributed by atoms with Gasteiger partial charge < -0.3 is 10.1 Å². The van der Waals surface area contributed by atoms with Gasteiger partial charge in [-0.1, -0.05) is 0 Å². The Labute approximate surface area is 94.4 Å². The smallest absolute Gasteiger partial charge is 0.0726 e. The molecule has 0 aliphatic carbocycles. The van der Waals surface area contributed by atoms with Gasteiger partial charge in [-0.25, -0.2) is 0 Å². The molecule has 0 saturated carbocycles. The molecule has 0 radical (unpaired) electrons. The van der Waals surface area contributed by atoms with Crippen LogP contribution in [0.25, 0.3) is 0 Å². The van der Waals surface area contributed by atoms with E-state index < -0.39 is 10.8 Å². The van der Waals surface area contributed by atoms with Gasteiger partial charge in [0.2, 0.25) is 0 Å². The Morgan fingerprint density at radius 2 is 2.07 bits per heavy atom. The third-order valence-corrected chi connectivity index (χ3v) is 4.79. The lowest BCUT2D eigenvalue weighted by Gasteiger charge is -2.28. The summed E-state index contributed by atoms with van der Waals surface area (Å²) in [6, 6.07) is 1.01. The summed E-state index contributed by atoms with van der Waals surface area (Å²) in [6.07, 6.45) is 4.91. The molecule has 0 spiro atoms. The molecule has 2 unspecified atom stereocenters. The first-order valence-electron chi connectivity index (χ1n) is 5.98. The van der Waals surface area contributed by atoms with Gasteiger partial charge in [-0.05, 0) is 32.6 Å². The van der Waals surface area contributed by atoms with E-state index in [1.807, 2.05) is 0 Å². The van der Waals surface area contributed by atoms with Crippen molar-refractivity contribution in [2.75, 3.05) is 18.1 Å². The van der Waals surface area contributed by atoms with Crippen LogP contribution in [0.5, 0.6) is 0 Å². The predicted octanol–water partition coefficient (Wildman–Crippen LogP) is 1.05. The molecule has 2 heterocycles. The highest BCUT2D eigenvalue weighted by Gasteiger charge is 2.26. The molecule has 0 aromatic heterocycles. The quantitative estimate of drug-likeness (QED) is 0.789. The molecule has 0 aromatic carbocycles. The SMILES string of the molecule is CC(NC1CCS(=O)CC1)C1CCCO1. The van der Waals surface area contributed by atoms with E-state index in [0.717, 1.165) is 31.0 Å². The Kier molecular flexibility index (Phi) is 4.17. The van der Waals surface area contributed by atoms with E-state index in [2.05, 4.69) is 12.2 Å². The molecular formula is C11H21NO2S. The molecule has 3 nitrogen and oxygen atoms in total. The molecule has 2 fully saturated rings. The van der Waals surface area contributed by atoms with Crippen LogP contribution in [0, 0.1) is 0 Å². The van der Waals surface area contributed by atoms with Crippen LogP contribution in [0.3, 0.4) is 0 Å². The minimum atomic E-state index is -0.549. The van der Waals surface area contributed by atoms with Crippen molar-refractivity contribution in [1.82, 2.24) is 5.32 Å². The Hall–Kier alpha value is 0.0700. The van der Waals surface area contributed by atoms with E-state index in [4.69, 9.17) is 4.74 Å². The minimum Gasteiger partial charge on any atom is -0.377 e. The highest BCUT2D eigenvalue weighted by Crippen LogP contribution is 2.17. The van der Waals surface area contributed by atoms with Crippen molar-refractivity contribution in [3.63, 3.8) is 0 Å². The predicted molar refractivity (Wildman–Crippen MR) is 62.5 cm³/mol. The third kappa shape index (κ3) is 3.26. The van der Waals surface area contributed by atoms with Gasteiger partial charge in [0.05, 0.1) is 6.10 Å². The number of ether oxygens (including phenoxy) is 1. The zero-order chi connectivity index (χ0) is 10.7. The lowest BCUT2D eigenvalue weighted by molar-refractivity contribution is 0.0792.